The van der Waals surface area contributed by atoms with Crippen LogP contribution >= 0.6 is 0 Å². The number of ether oxygens (including phenoxy) is 1. The summed E-state index contributed by atoms with van der Waals surface area (Å²) >= 11 is 0. The molecule has 0 saturated heterocycles. The molecule has 2 rings (SSSR count). The Hall–Kier alpha value is -1.57. The zero-order valence-corrected chi connectivity index (χ0v) is 9.49. The van der Waals surface area contributed by atoms with E-state index in [2.05, 4.69) is 10.7 Å². The van der Waals surface area contributed by atoms with Crippen LogP contribution in [0.4, 0.5) is 0 Å². The Kier molecular flexibility index (Phi) is 3.32. The number of nitrogen functional groups attached to an aromatic ring is 1. The van der Waals surface area contributed by atoms with Crippen LogP contribution in [0.3, 0.4) is 0 Å². The highest BCUT2D eigenvalue weighted by Gasteiger charge is 2.25. The molecule has 0 unspecified atom stereocenters. The van der Waals surface area contributed by atoms with Crippen molar-refractivity contribution in [1.29, 1.82) is 0 Å². The highest BCUT2D eigenvalue weighted by molar-refractivity contribution is 6.64. The van der Waals surface area contributed by atoms with Crippen molar-refractivity contribution < 1.29 is 14.6 Å². The molecular weight excluding hydrogens is 221 g/mol. The van der Waals surface area contributed by atoms with Gasteiger partial charge in [0.2, 0.25) is 0 Å². The lowest BCUT2D eigenvalue weighted by Gasteiger charge is -2.14. The number of hydrogen-bond donors (Lipinski definition) is 4. The fraction of sp³-hybridized carbons (Fsp3) is 0.300. The maximum atomic E-state index is 11.5. The van der Waals surface area contributed by atoms with Crippen molar-refractivity contribution in [2.45, 2.75) is 6.92 Å². The first-order chi connectivity index (χ1) is 8.15. The molecule has 0 bridgehead atoms. The van der Waals surface area contributed by atoms with Gasteiger partial charge in [0.1, 0.15) is 5.75 Å². The van der Waals surface area contributed by atoms with Gasteiger partial charge in [-0.15, -0.1) is 0 Å². The Morgan fingerprint density at radius 2 is 2.41 bits per heavy atom. The van der Waals surface area contributed by atoms with E-state index in [1.54, 1.807) is 19.1 Å². The number of carbonyl (C=O) groups excluding carboxylic acids is 1. The van der Waals surface area contributed by atoms with Crippen molar-refractivity contribution in [2.75, 3.05) is 13.2 Å². The number of benzene rings is 1. The molecule has 0 atom stereocenters. The number of nitrogens with two attached hydrogens (primary N) is 1. The van der Waals surface area contributed by atoms with E-state index in [0.717, 1.165) is 0 Å². The van der Waals surface area contributed by atoms with Crippen molar-refractivity contribution in [2.24, 2.45) is 5.84 Å². The van der Waals surface area contributed by atoms with Crippen molar-refractivity contribution in [3.8, 4) is 5.75 Å². The van der Waals surface area contributed by atoms with Crippen LogP contribution in [0.2, 0.25) is 0 Å². The van der Waals surface area contributed by atoms with Crippen LogP contribution in [0.15, 0.2) is 12.1 Å². The summed E-state index contributed by atoms with van der Waals surface area (Å²) in [5.41, 5.74) is 3.84. The first-order valence-electron chi connectivity index (χ1n) is 5.34. The van der Waals surface area contributed by atoms with Crippen LogP contribution in [-0.4, -0.2) is 31.1 Å². The monoisotopic (exact) mass is 235 g/mol. The van der Waals surface area contributed by atoms with Gasteiger partial charge in [0, 0.05) is 23.1 Å². The topological polar surface area (TPSA) is 96.6 Å². The van der Waals surface area contributed by atoms with Crippen LogP contribution in [-0.2, 0) is 0 Å². The summed E-state index contributed by atoms with van der Waals surface area (Å²) in [6.45, 7) is 2.76. The molecule has 0 aliphatic carbocycles. The van der Waals surface area contributed by atoms with E-state index in [1.807, 2.05) is 0 Å². The highest BCUT2D eigenvalue weighted by Crippen LogP contribution is 2.20. The summed E-state index contributed by atoms with van der Waals surface area (Å²) in [5.74, 6) is 5.28. The number of rotatable bonds is 1. The summed E-state index contributed by atoms with van der Waals surface area (Å²) in [6.07, 6.45) is 0. The van der Waals surface area contributed by atoms with Crippen LogP contribution in [0.5, 0.6) is 5.75 Å². The SMILES string of the molecule is Cc1c(C(=O)NN)ccc2c1OCCNB2O. The highest BCUT2D eigenvalue weighted by atomic mass is 16.5. The standard InChI is InChI=1S/C10H14BN3O3/c1-6-7(10(15)14-12)2-3-8-9(6)17-5-4-13-11(8)16/h2-3,13,16H,4-5,12H2,1H3,(H,14,15). The molecule has 1 heterocycles. The van der Waals surface area contributed by atoms with Crippen LogP contribution in [0.25, 0.3) is 0 Å². The van der Waals surface area contributed by atoms with Gasteiger partial charge in [0.05, 0.1) is 6.61 Å². The molecule has 5 N–H and O–H groups in total. The minimum absolute atomic E-state index is 0.374. The summed E-state index contributed by atoms with van der Waals surface area (Å²) < 4.78 is 5.54. The smallest absolute Gasteiger partial charge is 0.417 e. The van der Waals surface area contributed by atoms with Gasteiger partial charge in [-0.2, -0.15) is 0 Å². The lowest BCUT2D eigenvalue weighted by Crippen LogP contribution is -2.44. The van der Waals surface area contributed by atoms with Gasteiger partial charge in [-0.1, -0.05) is 6.07 Å². The zero-order chi connectivity index (χ0) is 12.4. The molecule has 17 heavy (non-hydrogen) atoms. The average molecular weight is 235 g/mol. The molecule has 0 spiro atoms. The number of fused-ring (bicyclic) bond motifs is 1. The van der Waals surface area contributed by atoms with E-state index < -0.39 is 7.05 Å². The Labute approximate surface area is 99.2 Å². The predicted molar refractivity (Wildman–Crippen MR) is 63.9 cm³/mol. The van der Waals surface area contributed by atoms with Gasteiger partial charge >= 0.3 is 7.05 Å². The third kappa shape index (κ3) is 2.12. The van der Waals surface area contributed by atoms with Gasteiger partial charge in [-0.3, -0.25) is 10.2 Å². The van der Waals surface area contributed by atoms with Gasteiger partial charge in [-0.25, -0.2) is 5.84 Å². The van der Waals surface area contributed by atoms with E-state index in [4.69, 9.17) is 10.6 Å². The van der Waals surface area contributed by atoms with E-state index in [-0.39, 0.29) is 5.91 Å². The number of hydrazine groups is 1. The van der Waals surface area contributed by atoms with E-state index in [1.165, 1.54) is 0 Å². The Morgan fingerprint density at radius 1 is 1.65 bits per heavy atom. The Morgan fingerprint density at radius 3 is 3.12 bits per heavy atom. The summed E-state index contributed by atoms with van der Waals surface area (Å²) in [7, 11) is -0.777. The molecule has 1 aliphatic heterocycles. The molecule has 1 amide bonds. The third-order valence-corrected chi connectivity index (χ3v) is 2.79. The average Bonchev–Trinajstić information content (AvgIpc) is 2.52. The molecule has 6 nitrogen and oxygen atoms in total. The Balaban J connectivity index is 2.50. The van der Waals surface area contributed by atoms with Crippen molar-refractivity contribution in [3.63, 3.8) is 0 Å². The molecule has 0 saturated carbocycles. The minimum atomic E-state index is -0.777. The Bertz CT molecular complexity index is 453. The molecule has 90 valence electrons. The van der Waals surface area contributed by atoms with Crippen LogP contribution in [0, 0.1) is 6.92 Å². The van der Waals surface area contributed by atoms with Crippen molar-refractivity contribution >= 4 is 18.4 Å². The zero-order valence-electron chi connectivity index (χ0n) is 9.49. The number of hydrogen-bond acceptors (Lipinski definition) is 5. The summed E-state index contributed by atoms with van der Waals surface area (Å²) in [6, 6.07) is 3.28. The second-order valence-electron chi connectivity index (χ2n) is 3.84. The maximum Gasteiger partial charge on any atom is 0.417 e. The number of carbonyl (C=O) groups is 1. The summed E-state index contributed by atoms with van der Waals surface area (Å²) in [4.78, 5) is 11.5. The van der Waals surface area contributed by atoms with E-state index >= 15 is 0 Å². The normalized spacial score (nSPS) is 14.6. The predicted octanol–water partition coefficient (Wildman–Crippen LogP) is -1.73. The lowest BCUT2D eigenvalue weighted by molar-refractivity contribution is 0.0952. The van der Waals surface area contributed by atoms with Crippen LogP contribution in [0.1, 0.15) is 15.9 Å². The van der Waals surface area contributed by atoms with E-state index in [9.17, 15) is 9.82 Å². The lowest BCUT2D eigenvalue weighted by atomic mass is 9.72. The first kappa shape index (κ1) is 11.9. The minimum Gasteiger partial charge on any atom is -0.492 e. The summed E-state index contributed by atoms with van der Waals surface area (Å²) in [5, 5.41) is 12.7. The molecule has 1 aromatic carbocycles. The molecule has 0 aromatic heterocycles. The quantitative estimate of drug-likeness (QED) is 0.201. The maximum absolute atomic E-state index is 11.5. The van der Waals surface area contributed by atoms with Gasteiger partial charge < -0.3 is 15.0 Å². The van der Waals surface area contributed by atoms with Gasteiger partial charge in [0.25, 0.3) is 5.91 Å². The van der Waals surface area contributed by atoms with Crippen molar-refractivity contribution in [3.05, 3.63) is 23.3 Å². The fourth-order valence-corrected chi connectivity index (χ4v) is 1.90. The van der Waals surface area contributed by atoms with Gasteiger partial charge in [-0.05, 0) is 13.0 Å². The second kappa shape index (κ2) is 4.74. The van der Waals surface area contributed by atoms with Gasteiger partial charge in [0.15, 0.2) is 0 Å². The molecule has 0 fully saturated rings. The molecule has 0 radical (unpaired) electrons. The number of amides is 1. The third-order valence-electron chi connectivity index (χ3n) is 2.79. The number of nitrogens with one attached hydrogen (secondary N) is 2. The molecule has 7 heteroatoms. The molecule has 1 aromatic rings. The van der Waals surface area contributed by atoms with E-state index in [0.29, 0.717) is 35.5 Å². The fourth-order valence-electron chi connectivity index (χ4n) is 1.90. The first-order valence-corrected chi connectivity index (χ1v) is 5.34. The molecular formula is C10H14BN3O3. The molecule has 1 aliphatic rings. The second-order valence-corrected chi connectivity index (χ2v) is 3.84. The van der Waals surface area contributed by atoms with Crippen molar-refractivity contribution in [1.82, 2.24) is 10.7 Å². The van der Waals surface area contributed by atoms with Crippen LogP contribution < -0.4 is 26.7 Å². The largest absolute Gasteiger partial charge is 0.492 e.